The molecule has 1 heterocycles. The van der Waals surface area contributed by atoms with Crippen LogP contribution in [-0.2, 0) is 16.4 Å². The van der Waals surface area contributed by atoms with Crippen LogP contribution >= 0.6 is 11.8 Å². The number of nitrogens with zero attached hydrogens (tertiary/aromatic N) is 1. The van der Waals surface area contributed by atoms with E-state index in [1.165, 1.54) is 12.1 Å². The predicted molar refractivity (Wildman–Crippen MR) is 191 cm³/mol. The van der Waals surface area contributed by atoms with Crippen LogP contribution in [0.25, 0.3) is 22.3 Å². The fraction of sp³-hybridized carbons (Fsp3) is 0.179. The van der Waals surface area contributed by atoms with Crippen LogP contribution in [0.5, 0.6) is 0 Å². The summed E-state index contributed by atoms with van der Waals surface area (Å²) >= 11 is 1.73. The summed E-state index contributed by atoms with van der Waals surface area (Å²) in [5, 5.41) is 6.49. The lowest BCUT2D eigenvalue weighted by atomic mass is 9.74. The molecular formula is C39H33F3N4O2S. The number of hydrogen-bond acceptors (Lipinski definition) is 5. The maximum Gasteiger partial charge on any atom is 0.416 e. The Morgan fingerprint density at radius 2 is 1.47 bits per heavy atom. The number of nitrogens with one attached hydrogen (secondary N) is 2. The van der Waals surface area contributed by atoms with E-state index in [2.05, 4.69) is 27.7 Å². The first-order valence-corrected chi connectivity index (χ1v) is 16.9. The number of thioether (sulfide) groups is 1. The molecule has 0 fully saturated rings. The number of anilines is 3. The van der Waals surface area contributed by atoms with E-state index in [1.54, 1.807) is 36.0 Å². The lowest BCUT2D eigenvalue weighted by molar-refractivity contribution is -0.137. The second kappa shape index (κ2) is 12.7. The molecule has 0 saturated carbocycles. The van der Waals surface area contributed by atoms with Gasteiger partial charge in [-0.1, -0.05) is 78.9 Å². The zero-order valence-electron chi connectivity index (χ0n) is 26.6. The van der Waals surface area contributed by atoms with E-state index < -0.39 is 17.2 Å². The highest BCUT2D eigenvalue weighted by Gasteiger charge is 2.47. The number of benzene rings is 5. The van der Waals surface area contributed by atoms with Gasteiger partial charge in [-0.2, -0.15) is 13.2 Å². The minimum Gasteiger partial charge on any atom is -0.369 e. The molecule has 0 spiro atoms. The van der Waals surface area contributed by atoms with Crippen molar-refractivity contribution in [2.24, 2.45) is 5.73 Å². The van der Waals surface area contributed by atoms with Gasteiger partial charge < -0.3 is 21.3 Å². The Hall–Kier alpha value is -5.22. The van der Waals surface area contributed by atoms with E-state index in [4.69, 9.17) is 5.73 Å². The Balaban J connectivity index is 1.01. The highest BCUT2D eigenvalue weighted by molar-refractivity contribution is 8.00. The van der Waals surface area contributed by atoms with Gasteiger partial charge in [-0.25, -0.2) is 0 Å². The number of carbonyl (C=O) groups is 2. The van der Waals surface area contributed by atoms with Crippen molar-refractivity contribution in [1.29, 1.82) is 0 Å². The quantitative estimate of drug-likeness (QED) is 0.136. The molecule has 5 aromatic carbocycles. The second-order valence-electron chi connectivity index (χ2n) is 12.2. The van der Waals surface area contributed by atoms with Crippen molar-refractivity contribution in [3.05, 3.63) is 138 Å². The molecule has 1 aliphatic heterocycles. The zero-order valence-corrected chi connectivity index (χ0v) is 27.4. The van der Waals surface area contributed by atoms with Crippen molar-refractivity contribution in [3.8, 4) is 22.3 Å². The summed E-state index contributed by atoms with van der Waals surface area (Å²) in [4.78, 5) is 28.7. The molecule has 1 aliphatic carbocycles. The number of primary amides is 1. The third-order valence-corrected chi connectivity index (χ3v) is 10.7. The Labute approximate surface area is 286 Å². The summed E-state index contributed by atoms with van der Waals surface area (Å²) in [5.74, 6) is 0.0702. The van der Waals surface area contributed by atoms with E-state index in [-0.39, 0.29) is 17.3 Å². The molecule has 0 saturated heterocycles. The van der Waals surface area contributed by atoms with Crippen molar-refractivity contribution in [2.75, 3.05) is 28.3 Å². The molecular weight excluding hydrogens is 646 g/mol. The standard InChI is InChI=1S/C39H33F3N4O2S/c1-46-34-20-19-26(44-35(47)30-12-3-2-9-27(30)24-15-17-25(18-16-24)39(40,41)42)23-33(34)45-37(46)49-22-8-21-38(36(43)48)31-13-6-4-10-28(31)29-11-5-7-14-32(29)38/h2-7,9-20,23,37,45H,8,21-22H2,1H3,(H2,43,48)(H,44,47). The summed E-state index contributed by atoms with van der Waals surface area (Å²) in [6, 6.07) is 33.3. The molecule has 10 heteroatoms. The summed E-state index contributed by atoms with van der Waals surface area (Å²) in [5.41, 5.74) is 12.3. The van der Waals surface area contributed by atoms with Crippen molar-refractivity contribution in [2.45, 2.75) is 29.9 Å². The lowest BCUT2D eigenvalue weighted by Gasteiger charge is -2.29. The maximum absolute atomic E-state index is 13.4. The Morgan fingerprint density at radius 1 is 0.857 bits per heavy atom. The van der Waals surface area contributed by atoms with Gasteiger partial charge in [-0.15, -0.1) is 11.8 Å². The first kappa shape index (κ1) is 32.3. The van der Waals surface area contributed by atoms with Gasteiger partial charge in [0, 0.05) is 18.3 Å². The normalized spacial score (nSPS) is 15.6. The van der Waals surface area contributed by atoms with E-state index >= 15 is 0 Å². The molecule has 1 unspecified atom stereocenters. The van der Waals surface area contributed by atoms with Crippen LogP contribution in [0.2, 0.25) is 0 Å². The summed E-state index contributed by atoms with van der Waals surface area (Å²) in [6.07, 6.45) is -3.08. The van der Waals surface area contributed by atoms with Crippen LogP contribution < -0.4 is 21.3 Å². The van der Waals surface area contributed by atoms with Crippen molar-refractivity contribution >= 4 is 40.6 Å². The first-order chi connectivity index (χ1) is 23.6. The van der Waals surface area contributed by atoms with Gasteiger partial charge in [0.15, 0.2) is 0 Å². The highest BCUT2D eigenvalue weighted by Crippen LogP contribution is 2.51. The number of halogens is 3. The average molecular weight is 679 g/mol. The smallest absolute Gasteiger partial charge is 0.369 e. The molecule has 2 amide bonds. The third kappa shape index (κ3) is 5.80. The molecule has 49 heavy (non-hydrogen) atoms. The van der Waals surface area contributed by atoms with Gasteiger partial charge in [0.2, 0.25) is 5.91 Å². The molecule has 0 aromatic heterocycles. The fourth-order valence-electron chi connectivity index (χ4n) is 7.03. The molecule has 4 N–H and O–H groups in total. The van der Waals surface area contributed by atoms with Crippen LogP contribution in [0.4, 0.5) is 30.2 Å². The maximum atomic E-state index is 13.4. The lowest BCUT2D eigenvalue weighted by Crippen LogP contribution is -2.41. The number of hydrogen-bond donors (Lipinski definition) is 3. The van der Waals surface area contributed by atoms with Crippen LogP contribution in [-0.4, -0.2) is 30.1 Å². The van der Waals surface area contributed by atoms with Gasteiger partial charge >= 0.3 is 6.18 Å². The minimum absolute atomic E-state index is 0.0611. The number of amides is 2. The van der Waals surface area contributed by atoms with Crippen LogP contribution in [0.15, 0.2) is 115 Å². The molecule has 248 valence electrons. The Bertz CT molecular complexity index is 2020. The zero-order chi connectivity index (χ0) is 34.3. The molecule has 2 aliphatic rings. The van der Waals surface area contributed by atoms with Crippen molar-refractivity contribution < 1.29 is 22.8 Å². The van der Waals surface area contributed by atoms with Gasteiger partial charge in [-0.3, -0.25) is 9.59 Å². The fourth-order valence-corrected chi connectivity index (χ4v) is 8.11. The predicted octanol–water partition coefficient (Wildman–Crippen LogP) is 8.74. The van der Waals surface area contributed by atoms with E-state index in [1.807, 2.05) is 61.6 Å². The van der Waals surface area contributed by atoms with Gasteiger partial charge in [0.05, 0.1) is 22.4 Å². The number of alkyl halides is 3. The summed E-state index contributed by atoms with van der Waals surface area (Å²) in [7, 11) is 2.00. The highest BCUT2D eigenvalue weighted by atomic mass is 32.2. The van der Waals surface area contributed by atoms with Gasteiger partial charge in [-0.05, 0) is 88.4 Å². The Morgan fingerprint density at radius 3 is 2.10 bits per heavy atom. The van der Waals surface area contributed by atoms with Crippen LogP contribution in [0.1, 0.15) is 39.9 Å². The molecule has 6 nitrogen and oxygen atoms in total. The average Bonchev–Trinajstić information content (AvgIpc) is 3.57. The first-order valence-electron chi connectivity index (χ1n) is 15.9. The minimum atomic E-state index is -4.44. The number of carbonyl (C=O) groups excluding carboxylic acids is 2. The molecule has 7 rings (SSSR count). The second-order valence-corrected chi connectivity index (χ2v) is 13.4. The van der Waals surface area contributed by atoms with E-state index in [0.29, 0.717) is 28.8 Å². The third-order valence-electron chi connectivity index (χ3n) is 9.42. The van der Waals surface area contributed by atoms with Crippen molar-refractivity contribution in [3.63, 3.8) is 0 Å². The van der Waals surface area contributed by atoms with E-state index in [9.17, 15) is 22.8 Å². The van der Waals surface area contributed by atoms with Gasteiger partial charge in [0.1, 0.15) is 5.50 Å². The van der Waals surface area contributed by atoms with Crippen molar-refractivity contribution in [1.82, 2.24) is 0 Å². The SMILES string of the molecule is CN1c2ccc(NC(=O)c3ccccc3-c3ccc(C(F)(F)F)cc3)cc2NC1SCCCC1(C(N)=O)c2ccccc2-c2ccccc21. The topological polar surface area (TPSA) is 87.5 Å². The Kier molecular flexibility index (Phi) is 8.36. The van der Waals surface area contributed by atoms with E-state index in [0.717, 1.165) is 57.9 Å². The van der Waals surface area contributed by atoms with Gasteiger partial charge in [0.25, 0.3) is 5.91 Å². The number of rotatable bonds is 9. The number of nitrogens with two attached hydrogens (primary N) is 1. The molecule has 0 bridgehead atoms. The largest absolute Gasteiger partial charge is 0.416 e. The summed E-state index contributed by atoms with van der Waals surface area (Å²) in [6.45, 7) is 0. The summed E-state index contributed by atoms with van der Waals surface area (Å²) < 4.78 is 39.3. The molecule has 5 aromatic rings. The monoisotopic (exact) mass is 678 g/mol. The molecule has 0 radical (unpaired) electrons. The van der Waals surface area contributed by atoms with Crippen LogP contribution in [0, 0.1) is 0 Å². The van der Waals surface area contributed by atoms with Crippen LogP contribution in [0.3, 0.4) is 0 Å². The number of fused-ring (bicyclic) bond motifs is 4. The molecule has 1 atom stereocenters.